The van der Waals surface area contributed by atoms with E-state index in [0.29, 0.717) is 6.04 Å². The van der Waals surface area contributed by atoms with Gasteiger partial charge in [-0.1, -0.05) is 30.8 Å². The third-order valence-corrected chi connectivity index (χ3v) is 6.20. The molecule has 0 bridgehead atoms. The first-order valence-electron chi connectivity index (χ1n) is 10.1. The second-order valence-electron chi connectivity index (χ2n) is 7.38. The molecule has 0 spiro atoms. The number of piperazine rings is 1. The van der Waals surface area contributed by atoms with Crippen molar-refractivity contribution in [2.45, 2.75) is 37.2 Å². The van der Waals surface area contributed by atoms with Crippen LogP contribution >= 0.6 is 11.8 Å². The first-order chi connectivity index (χ1) is 14.1. The summed E-state index contributed by atoms with van der Waals surface area (Å²) in [6.45, 7) is 7.14. The number of methoxy groups -OCH3 is 1. The van der Waals surface area contributed by atoms with Gasteiger partial charge in [0.15, 0.2) is 22.1 Å². The van der Waals surface area contributed by atoms with Gasteiger partial charge in [-0.2, -0.15) is 0 Å². The van der Waals surface area contributed by atoms with Gasteiger partial charge >= 0.3 is 0 Å². The smallest absolute Gasteiger partial charge is 0.191 e. The van der Waals surface area contributed by atoms with E-state index in [1.807, 2.05) is 19.2 Å². The number of fused-ring (bicyclic) bond motifs is 1. The highest BCUT2D eigenvalue weighted by Crippen LogP contribution is 2.29. The van der Waals surface area contributed by atoms with E-state index in [1.165, 1.54) is 5.56 Å². The first-order valence-corrected chi connectivity index (χ1v) is 11.0. The van der Waals surface area contributed by atoms with Gasteiger partial charge in [-0.25, -0.2) is 15.0 Å². The first kappa shape index (κ1) is 20.0. The van der Waals surface area contributed by atoms with Crippen LogP contribution in [-0.2, 0) is 19.2 Å². The fraction of sp³-hybridized carbons (Fsp3) is 0.476. The third-order valence-electron chi connectivity index (χ3n) is 5.28. The van der Waals surface area contributed by atoms with E-state index in [-0.39, 0.29) is 0 Å². The number of thioether (sulfide) groups is 1. The summed E-state index contributed by atoms with van der Waals surface area (Å²) in [5.41, 5.74) is 3.04. The van der Waals surface area contributed by atoms with Crippen molar-refractivity contribution < 1.29 is 4.74 Å². The molecule has 1 aromatic carbocycles. The third kappa shape index (κ3) is 4.18. The summed E-state index contributed by atoms with van der Waals surface area (Å²) in [7, 11) is 3.73. The summed E-state index contributed by atoms with van der Waals surface area (Å²) in [6, 6.07) is 8.58. The molecule has 4 rings (SSSR count). The molecule has 3 heterocycles. The van der Waals surface area contributed by atoms with Gasteiger partial charge in [0.2, 0.25) is 0 Å². The molecule has 0 aliphatic carbocycles. The molecule has 1 aliphatic rings. The Balaban J connectivity index is 1.66. The zero-order valence-electron chi connectivity index (χ0n) is 17.5. The molecule has 3 aromatic rings. The summed E-state index contributed by atoms with van der Waals surface area (Å²) in [6.07, 6.45) is 0.874. The van der Waals surface area contributed by atoms with Crippen molar-refractivity contribution in [1.29, 1.82) is 0 Å². The van der Waals surface area contributed by atoms with Crippen LogP contribution in [0.15, 0.2) is 29.4 Å². The minimum atomic E-state index is 0.429. The second kappa shape index (κ2) is 8.59. The van der Waals surface area contributed by atoms with Crippen LogP contribution in [0.5, 0.6) is 5.75 Å². The summed E-state index contributed by atoms with van der Waals surface area (Å²) >= 11 is 1.66. The number of aryl methyl sites for hydroxylation is 2. The Morgan fingerprint density at radius 1 is 1.21 bits per heavy atom. The number of nitrogens with zero attached hydrogens (tertiary/aromatic N) is 5. The molecule has 2 aromatic heterocycles. The molecule has 1 N–H and O–H groups in total. The Morgan fingerprint density at radius 2 is 2.00 bits per heavy atom. The Kier molecular flexibility index (Phi) is 5.91. The average Bonchev–Trinajstić information content (AvgIpc) is 3.08. The van der Waals surface area contributed by atoms with Gasteiger partial charge in [-0.15, -0.1) is 0 Å². The highest BCUT2D eigenvalue weighted by molar-refractivity contribution is 7.98. The molecule has 1 atom stereocenters. The molecule has 1 aliphatic heterocycles. The lowest BCUT2D eigenvalue weighted by atomic mass is 10.2. The number of aromatic nitrogens is 4. The molecule has 8 heteroatoms. The van der Waals surface area contributed by atoms with Crippen LogP contribution in [0.3, 0.4) is 0 Å². The zero-order chi connectivity index (χ0) is 20.4. The molecule has 0 saturated carbocycles. The van der Waals surface area contributed by atoms with E-state index >= 15 is 0 Å². The Bertz CT molecular complexity index is 987. The van der Waals surface area contributed by atoms with Crippen LogP contribution in [0.4, 0.5) is 5.82 Å². The standard InChI is InChI=1S/C21H28N6OS/c1-5-17-23-18-19(26(17)3)24-21(25-20(18)27-11-10-22-14(2)12-27)29-13-15-6-8-16(28-4)9-7-15/h6-9,14,22H,5,10-13H2,1-4H3/t14-/m1/s1. The van der Waals surface area contributed by atoms with Gasteiger partial charge in [0.25, 0.3) is 0 Å². The molecular weight excluding hydrogens is 384 g/mol. The van der Waals surface area contributed by atoms with Gasteiger partial charge in [0.05, 0.1) is 7.11 Å². The maximum absolute atomic E-state index is 5.25. The minimum Gasteiger partial charge on any atom is -0.497 e. The number of hydrogen-bond donors (Lipinski definition) is 1. The number of anilines is 1. The number of ether oxygens (including phenoxy) is 1. The van der Waals surface area contributed by atoms with E-state index < -0.39 is 0 Å². The highest BCUT2D eigenvalue weighted by Gasteiger charge is 2.23. The van der Waals surface area contributed by atoms with Gasteiger partial charge in [-0.3, -0.25) is 0 Å². The number of hydrogen-bond acceptors (Lipinski definition) is 7. The second-order valence-corrected chi connectivity index (χ2v) is 8.32. The lowest BCUT2D eigenvalue weighted by Crippen LogP contribution is -2.49. The molecule has 0 radical (unpaired) electrons. The van der Waals surface area contributed by atoms with Crippen molar-refractivity contribution in [3.8, 4) is 5.75 Å². The summed E-state index contributed by atoms with van der Waals surface area (Å²) in [4.78, 5) is 17.0. The lowest BCUT2D eigenvalue weighted by Gasteiger charge is -2.32. The summed E-state index contributed by atoms with van der Waals surface area (Å²) in [5.74, 6) is 3.67. The molecule has 0 unspecified atom stereocenters. The quantitative estimate of drug-likeness (QED) is 0.493. The monoisotopic (exact) mass is 412 g/mol. The Labute approximate surface area is 175 Å². The van der Waals surface area contributed by atoms with Crippen molar-refractivity contribution in [2.75, 3.05) is 31.6 Å². The van der Waals surface area contributed by atoms with Crippen LogP contribution < -0.4 is 15.0 Å². The van der Waals surface area contributed by atoms with Crippen LogP contribution in [0.2, 0.25) is 0 Å². The minimum absolute atomic E-state index is 0.429. The SMILES string of the molecule is CCc1nc2c(N3CCN[C@H](C)C3)nc(SCc3ccc(OC)cc3)nc2n1C. The molecular formula is C21H28N6OS. The average molecular weight is 413 g/mol. The lowest BCUT2D eigenvalue weighted by molar-refractivity contribution is 0.414. The van der Waals surface area contributed by atoms with E-state index in [1.54, 1.807) is 18.9 Å². The Hall–Kier alpha value is -2.32. The number of imidazole rings is 1. The number of nitrogens with one attached hydrogen (secondary N) is 1. The molecule has 1 fully saturated rings. The van der Waals surface area contributed by atoms with Gasteiger partial charge in [-0.05, 0) is 24.6 Å². The topological polar surface area (TPSA) is 68.1 Å². The van der Waals surface area contributed by atoms with Crippen LogP contribution in [0.25, 0.3) is 11.2 Å². The van der Waals surface area contributed by atoms with E-state index in [0.717, 1.165) is 65.5 Å². The van der Waals surface area contributed by atoms with Crippen molar-refractivity contribution in [2.24, 2.45) is 7.05 Å². The maximum Gasteiger partial charge on any atom is 0.191 e. The highest BCUT2D eigenvalue weighted by atomic mass is 32.2. The van der Waals surface area contributed by atoms with Gasteiger partial charge in [0, 0.05) is 44.9 Å². The summed E-state index contributed by atoms with van der Waals surface area (Å²) < 4.78 is 7.35. The zero-order valence-corrected chi connectivity index (χ0v) is 18.3. The van der Waals surface area contributed by atoms with Gasteiger partial charge < -0.3 is 19.5 Å². The fourth-order valence-electron chi connectivity index (χ4n) is 3.67. The Morgan fingerprint density at radius 3 is 2.69 bits per heavy atom. The van der Waals surface area contributed by atoms with Crippen LogP contribution in [-0.4, -0.2) is 52.3 Å². The number of benzene rings is 1. The predicted molar refractivity (Wildman–Crippen MR) is 118 cm³/mol. The molecule has 154 valence electrons. The van der Waals surface area contributed by atoms with Crippen molar-refractivity contribution in [1.82, 2.24) is 24.8 Å². The molecule has 29 heavy (non-hydrogen) atoms. The normalized spacial score (nSPS) is 17.1. The molecule has 0 amide bonds. The van der Waals surface area contributed by atoms with Crippen molar-refractivity contribution >= 4 is 28.7 Å². The van der Waals surface area contributed by atoms with Crippen molar-refractivity contribution in [3.63, 3.8) is 0 Å². The van der Waals surface area contributed by atoms with Crippen LogP contribution in [0, 0.1) is 0 Å². The largest absolute Gasteiger partial charge is 0.497 e. The predicted octanol–water partition coefficient (Wildman–Crippen LogP) is 3.02. The molecule has 1 saturated heterocycles. The molecule has 7 nitrogen and oxygen atoms in total. The van der Waals surface area contributed by atoms with Gasteiger partial charge in [0.1, 0.15) is 11.6 Å². The van der Waals surface area contributed by atoms with E-state index in [9.17, 15) is 0 Å². The maximum atomic E-state index is 5.25. The van der Waals surface area contributed by atoms with E-state index in [4.69, 9.17) is 19.7 Å². The number of rotatable bonds is 6. The van der Waals surface area contributed by atoms with E-state index in [2.05, 4.69) is 40.8 Å². The summed E-state index contributed by atoms with van der Waals surface area (Å²) in [5, 5.41) is 4.29. The van der Waals surface area contributed by atoms with Crippen molar-refractivity contribution in [3.05, 3.63) is 35.7 Å². The van der Waals surface area contributed by atoms with Crippen LogP contribution in [0.1, 0.15) is 25.2 Å². The fourth-order valence-corrected chi connectivity index (χ4v) is 4.46.